The molecule has 2 aromatic heterocycles. The molecule has 0 amide bonds. The molecule has 0 aliphatic rings. The Kier molecular flexibility index (Phi) is 2.78. The summed E-state index contributed by atoms with van der Waals surface area (Å²) in [5.74, 6) is -1.60. The van der Waals surface area contributed by atoms with E-state index in [-0.39, 0.29) is 5.82 Å². The fourth-order valence-corrected chi connectivity index (χ4v) is 2.00. The number of pyridine rings is 1. The zero-order valence-electron chi connectivity index (χ0n) is 10.5. The SMILES string of the molecule is Cc1cc(C=O)cn2nc(-c3ccc(F)c(F)c3)nc12. The Morgan fingerprint density at radius 1 is 1.20 bits per heavy atom. The maximum Gasteiger partial charge on any atom is 0.182 e. The van der Waals surface area contributed by atoms with Gasteiger partial charge >= 0.3 is 0 Å². The molecule has 3 aromatic rings. The Morgan fingerprint density at radius 3 is 2.70 bits per heavy atom. The number of nitrogens with zero attached hydrogens (tertiary/aromatic N) is 3. The minimum atomic E-state index is -0.952. The average Bonchev–Trinajstić information content (AvgIpc) is 2.86. The minimum Gasteiger partial charge on any atom is -0.298 e. The van der Waals surface area contributed by atoms with Crippen LogP contribution in [0.2, 0.25) is 0 Å². The van der Waals surface area contributed by atoms with Crippen LogP contribution in [0.15, 0.2) is 30.5 Å². The number of aromatic nitrogens is 3. The highest BCUT2D eigenvalue weighted by atomic mass is 19.2. The van der Waals surface area contributed by atoms with Crippen molar-refractivity contribution in [1.82, 2.24) is 14.6 Å². The van der Waals surface area contributed by atoms with Crippen molar-refractivity contribution in [2.45, 2.75) is 6.92 Å². The summed E-state index contributed by atoms with van der Waals surface area (Å²) in [6, 6.07) is 5.16. The number of hydrogen-bond donors (Lipinski definition) is 0. The normalized spacial score (nSPS) is 10.9. The van der Waals surface area contributed by atoms with E-state index in [0.29, 0.717) is 23.1 Å². The van der Waals surface area contributed by atoms with Crippen molar-refractivity contribution >= 4 is 11.9 Å². The van der Waals surface area contributed by atoms with Gasteiger partial charge in [0.2, 0.25) is 0 Å². The molecule has 3 rings (SSSR count). The number of rotatable bonds is 2. The van der Waals surface area contributed by atoms with Crippen LogP contribution in [0, 0.1) is 18.6 Å². The van der Waals surface area contributed by atoms with Gasteiger partial charge < -0.3 is 0 Å². The van der Waals surface area contributed by atoms with E-state index in [1.165, 1.54) is 16.8 Å². The van der Waals surface area contributed by atoms with Gasteiger partial charge in [-0.1, -0.05) is 0 Å². The zero-order chi connectivity index (χ0) is 14.3. The molecule has 1 aromatic carbocycles. The van der Waals surface area contributed by atoms with Gasteiger partial charge in [-0.25, -0.2) is 18.3 Å². The zero-order valence-corrected chi connectivity index (χ0v) is 10.5. The van der Waals surface area contributed by atoms with E-state index < -0.39 is 11.6 Å². The van der Waals surface area contributed by atoms with Crippen molar-refractivity contribution in [3.8, 4) is 11.4 Å². The van der Waals surface area contributed by atoms with Crippen LogP contribution in [0.1, 0.15) is 15.9 Å². The lowest BCUT2D eigenvalue weighted by Crippen LogP contribution is -1.93. The Labute approximate surface area is 112 Å². The molecule has 0 spiro atoms. The molecule has 4 nitrogen and oxygen atoms in total. The molecular weight excluding hydrogens is 264 g/mol. The molecule has 0 fully saturated rings. The van der Waals surface area contributed by atoms with E-state index >= 15 is 0 Å². The van der Waals surface area contributed by atoms with Gasteiger partial charge in [-0.15, -0.1) is 5.10 Å². The van der Waals surface area contributed by atoms with Gasteiger partial charge in [0.1, 0.15) is 0 Å². The second kappa shape index (κ2) is 4.48. The standard InChI is InChI=1S/C14H9F2N3O/c1-8-4-9(7-20)6-19-14(8)17-13(18-19)10-2-3-11(15)12(16)5-10/h2-7H,1H3. The maximum absolute atomic E-state index is 13.2. The summed E-state index contributed by atoms with van der Waals surface area (Å²) in [4.78, 5) is 15.1. The highest BCUT2D eigenvalue weighted by Crippen LogP contribution is 2.20. The first-order valence-corrected chi connectivity index (χ1v) is 5.86. The lowest BCUT2D eigenvalue weighted by Gasteiger charge is -1.96. The predicted octanol–water partition coefficient (Wildman–Crippen LogP) is 2.80. The number of carbonyl (C=O) groups is 1. The first-order valence-electron chi connectivity index (χ1n) is 5.86. The van der Waals surface area contributed by atoms with Gasteiger partial charge in [0.05, 0.1) is 0 Å². The van der Waals surface area contributed by atoms with E-state index in [9.17, 15) is 13.6 Å². The summed E-state index contributed by atoms with van der Waals surface area (Å²) in [6.45, 7) is 1.80. The summed E-state index contributed by atoms with van der Waals surface area (Å²) in [5, 5.41) is 4.18. The molecule has 0 bridgehead atoms. The third-order valence-electron chi connectivity index (χ3n) is 2.95. The van der Waals surface area contributed by atoms with Gasteiger partial charge in [0.15, 0.2) is 29.4 Å². The molecule has 2 heterocycles. The van der Waals surface area contributed by atoms with Crippen molar-refractivity contribution < 1.29 is 13.6 Å². The van der Waals surface area contributed by atoms with Crippen molar-refractivity contribution in [2.75, 3.05) is 0 Å². The van der Waals surface area contributed by atoms with Crippen LogP contribution >= 0.6 is 0 Å². The largest absolute Gasteiger partial charge is 0.298 e. The van der Waals surface area contributed by atoms with Gasteiger partial charge in [-0.05, 0) is 36.8 Å². The van der Waals surface area contributed by atoms with Crippen molar-refractivity contribution in [3.05, 3.63) is 53.2 Å². The average molecular weight is 273 g/mol. The Morgan fingerprint density at radius 2 is 2.00 bits per heavy atom. The second-order valence-electron chi connectivity index (χ2n) is 4.41. The van der Waals surface area contributed by atoms with E-state index in [0.717, 1.165) is 17.7 Å². The minimum absolute atomic E-state index is 0.273. The summed E-state index contributed by atoms with van der Waals surface area (Å²) in [7, 11) is 0. The lowest BCUT2D eigenvalue weighted by molar-refractivity contribution is 0.112. The van der Waals surface area contributed by atoms with Crippen LogP contribution in [0.5, 0.6) is 0 Å². The first kappa shape index (κ1) is 12.4. The van der Waals surface area contributed by atoms with Crippen LogP contribution in [0.4, 0.5) is 8.78 Å². The lowest BCUT2D eigenvalue weighted by atomic mass is 10.2. The van der Waals surface area contributed by atoms with E-state index in [4.69, 9.17) is 0 Å². The molecular formula is C14H9F2N3O. The topological polar surface area (TPSA) is 47.3 Å². The van der Waals surface area contributed by atoms with Gasteiger partial charge in [-0.3, -0.25) is 4.79 Å². The number of hydrogen-bond acceptors (Lipinski definition) is 3. The van der Waals surface area contributed by atoms with Crippen molar-refractivity contribution in [1.29, 1.82) is 0 Å². The van der Waals surface area contributed by atoms with Crippen LogP contribution in [-0.4, -0.2) is 20.9 Å². The number of aryl methyl sites for hydroxylation is 1. The summed E-state index contributed by atoms with van der Waals surface area (Å²) in [5.41, 5.74) is 2.18. The Balaban J connectivity index is 2.19. The third-order valence-corrected chi connectivity index (χ3v) is 2.95. The number of benzene rings is 1. The highest BCUT2D eigenvalue weighted by molar-refractivity contribution is 5.76. The second-order valence-corrected chi connectivity index (χ2v) is 4.41. The third kappa shape index (κ3) is 1.95. The van der Waals surface area contributed by atoms with Gasteiger partial charge in [0.25, 0.3) is 0 Å². The van der Waals surface area contributed by atoms with Crippen LogP contribution < -0.4 is 0 Å². The Bertz CT molecular complexity index is 827. The van der Waals surface area contributed by atoms with Gasteiger partial charge in [0, 0.05) is 17.3 Å². The van der Waals surface area contributed by atoms with E-state index in [1.54, 1.807) is 13.0 Å². The predicted molar refractivity (Wildman–Crippen MR) is 68.5 cm³/mol. The van der Waals surface area contributed by atoms with E-state index in [1.807, 2.05) is 0 Å². The monoisotopic (exact) mass is 273 g/mol. The molecule has 0 N–H and O–H groups in total. The number of halogens is 2. The Hall–Kier alpha value is -2.63. The highest BCUT2D eigenvalue weighted by Gasteiger charge is 2.11. The number of aldehydes is 1. The molecule has 0 saturated heterocycles. The molecule has 20 heavy (non-hydrogen) atoms. The molecule has 0 unspecified atom stereocenters. The summed E-state index contributed by atoms with van der Waals surface area (Å²) < 4.78 is 27.6. The number of carbonyl (C=O) groups excluding carboxylic acids is 1. The summed E-state index contributed by atoms with van der Waals surface area (Å²) in [6.07, 6.45) is 2.25. The molecule has 0 atom stereocenters. The smallest absolute Gasteiger partial charge is 0.182 e. The quantitative estimate of drug-likeness (QED) is 0.674. The van der Waals surface area contributed by atoms with Crippen LogP contribution in [0.25, 0.3) is 17.0 Å². The number of fused-ring (bicyclic) bond motifs is 1. The first-order chi connectivity index (χ1) is 9.58. The molecule has 0 radical (unpaired) electrons. The summed E-state index contributed by atoms with van der Waals surface area (Å²) >= 11 is 0. The van der Waals surface area contributed by atoms with Crippen LogP contribution in [-0.2, 0) is 0 Å². The maximum atomic E-state index is 13.2. The van der Waals surface area contributed by atoms with E-state index in [2.05, 4.69) is 10.1 Å². The van der Waals surface area contributed by atoms with Gasteiger partial charge in [-0.2, -0.15) is 0 Å². The molecule has 0 aliphatic carbocycles. The van der Waals surface area contributed by atoms with Crippen molar-refractivity contribution in [3.63, 3.8) is 0 Å². The fourth-order valence-electron chi connectivity index (χ4n) is 2.00. The molecule has 6 heteroatoms. The molecule has 0 saturated carbocycles. The fraction of sp³-hybridized carbons (Fsp3) is 0.0714. The van der Waals surface area contributed by atoms with Crippen molar-refractivity contribution in [2.24, 2.45) is 0 Å². The van der Waals surface area contributed by atoms with Crippen LogP contribution in [0.3, 0.4) is 0 Å². The molecule has 0 aliphatic heterocycles. The molecule has 100 valence electrons.